The zero-order chi connectivity index (χ0) is 13.9. The lowest BCUT2D eigenvalue weighted by Gasteiger charge is -2.32. The maximum Gasteiger partial charge on any atom is 0.224 e. The van der Waals surface area contributed by atoms with Gasteiger partial charge in [0.15, 0.2) is 0 Å². The van der Waals surface area contributed by atoms with Crippen molar-refractivity contribution in [3.8, 4) is 0 Å². The molecule has 0 radical (unpaired) electrons. The Balaban J connectivity index is 1.68. The van der Waals surface area contributed by atoms with Crippen LogP contribution in [-0.2, 0) is 11.2 Å². The fraction of sp³-hybridized carbons (Fsp3) is 0.588. The number of likely N-dealkylation sites (tertiary alicyclic amines) is 1. The number of carbonyl (C=O) groups is 1. The predicted octanol–water partition coefficient (Wildman–Crippen LogP) is 2.52. The third-order valence-electron chi connectivity index (χ3n) is 4.68. The summed E-state index contributed by atoms with van der Waals surface area (Å²) in [5, 5.41) is 3.30. The van der Waals surface area contributed by atoms with E-state index in [1.165, 1.54) is 17.5 Å². The van der Waals surface area contributed by atoms with Gasteiger partial charge in [-0.15, -0.1) is 0 Å². The fourth-order valence-corrected chi connectivity index (χ4v) is 3.57. The van der Waals surface area contributed by atoms with Crippen LogP contribution >= 0.6 is 0 Å². The zero-order valence-corrected chi connectivity index (χ0v) is 12.3. The highest BCUT2D eigenvalue weighted by Crippen LogP contribution is 2.30. The summed E-state index contributed by atoms with van der Waals surface area (Å²) in [5.74, 6) is 0.418. The molecule has 3 heteroatoms. The number of hydrogen-bond acceptors (Lipinski definition) is 2. The molecule has 1 heterocycles. The van der Waals surface area contributed by atoms with Gasteiger partial charge in [-0.2, -0.15) is 0 Å². The van der Waals surface area contributed by atoms with Gasteiger partial charge >= 0.3 is 0 Å². The molecule has 108 valence electrons. The summed E-state index contributed by atoms with van der Waals surface area (Å²) in [6, 6.07) is 8.77. The molecule has 3 nitrogen and oxygen atoms in total. The molecule has 0 spiro atoms. The molecule has 1 aliphatic carbocycles. The van der Waals surface area contributed by atoms with Gasteiger partial charge in [0.1, 0.15) is 0 Å². The molecule has 3 rings (SSSR count). The minimum Gasteiger partial charge on any atom is -0.349 e. The average Bonchev–Trinajstić information content (AvgIpc) is 2.47. The summed E-state index contributed by atoms with van der Waals surface area (Å²) in [5.41, 5.74) is 2.74. The highest BCUT2D eigenvalue weighted by atomic mass is 16.2. The molecule has 1 saturated heterocycles. The highest BCUT2D eigenvalue weighted by molar-refractivity contribution is 5.79. The number of hydrogen-bond donors (Lipinski definition) is 1. The normalized spacial score (nSPS) is 26.9. The quantitative estimate of drug-likeness (QED) is 0.897. The van der Waals surface area contributed by atoms with Gasteiger partial charge in [0.25, 0.3) is 0 Å². The lowest BCUT2D eigenvalue weighted by Crippen LogP contribution is -2.43. The molecule has 2 atom stereocenters. The highest BCUT2D eigenvalue weighted by Gasteiger charge is 2.27. The van der Waals surface area contributed by atoms with E-state index >= 15 is 0 Å². The van der Waals surface area contributed by atoms with E-state index in [0.29, 0.717) is 0 Å². The van der Waals surface area contributed by atoms with E-state index in [-0.39, 0.29) is 17.9 Å². The molecule has 2 aliphatic rings. The molecular formula is C17H24N2O. The van der Waals surface area contributed by atoms with Gasteiger partial charge in [0.2, 0.25) is 5.91 Å². The zero-order valence-electron chi connectivity index (χ0n) is 12.3. The van der Waals surface area contributed by atoms with E-state index in [4.69, 9.17) is 0 Å². The molecule has 0 aromatic heterocycles. The van der Waals surface area contributed by atoms with Crippen molar-refractivity contribution in [2.24, 2.45) is 5.92 Å². The van der Waals surface area contributed by atoms with Crippen LogP contribution < -0.4 is 5.32 Å². The Labute approximate surface area is 121 Å². The Kier molecular flexibility index (Phi) is 4.06. The molecule has 0 unspecified atom stereocenters. The number of carbonyl (C=O) groups excluding carboxylic acids is 1. The van der Waals surface area contributed by atoms with E-state index in [1.807, 2.05) is 0 Å². The molecule has 1 aliphatic heterocycles. The molecule has 0 saturated carbocycles. The third-order valence-corrected chi connectivity index (χ3v) is 4.68. The second-order valence-electron chi connectivity index (χ2n) is 6.25. The molecule has 1 aromatic carbocycles. The first-order valence-corrected chi connectivity index (χ1v) is 7.81. The Morgan fingerprint density at radius 3 is 2.95 bits per heavy atom. The van der Waals surface area contributed by atoms with Crippen LogP contribution in [0.25, 0.3) is 0 Å². The van der Waals surface area contributed by atoms with Crippen molar-refractivity contribution in [1.82, 2.24) is 10.2 Å². The number of rotatable bonds is 2. The number of aryl methyl sites for hydroxylation is 1. The Morgan fingerprint density at radius 1 is 1.25 bits per heavy atom. The first-order valence-electron chi connectivity index (χ1n) is 7.81. The Hall–Kier alpha value is -1.35. The van der Waals surface area contributed by atoms with E-state index in [9.17, 15) is 4.79 Å². The topological polar surface area (TPSA) is 32.3 Å². The van der Waals surface area contributed by atoms with Gasteiger partial charge in [0.05, 0.1) is 12.0 Å². The smallest absolute Gasteiger partial charge is 0.224 e. The second-order valence-corrected chi connectivity index (χ2v) is 6.25. The van der Waals surface area contributed by atoms with Crippen LogP contribution in [0.2, 0.25) is 0 Å². The average molecular weight is 272 g/mol. The van der Waals surface area contributed by atoms with E-state index in [1.54, 1.807) is 0 Å². The van der Waals surface area contributed by atoms with Gasteiger partial charge < -0.3 is 10.2 Å². The maximum absolute atomic E-state index is 12.5. The van der Waals surface area contributed by atoms with Crippen molar-refractivity contribution in [3.05, 3.63) is 35.4 Å². The van der Waals surface area contributed by atoms with Crippen molar-refractivity contribution >= 4 is 5.91 Å². The summed E-state index contributed by atoms with van der Waals surface area (Å²) in [7, 11) is 2.11. The number of piperidine rings is 1. The van der Waals surface area contributed by atoms with Gasteiger partial charge in [-0.3, -0.25) is 4.79 Å². The molecule has 1 fully saturated rings. The summed E-state index contributed by atoms with van der Waals surface area (Å²) < 4.78 is 0. The monoisotopic (exact) mass is 272 g/mol. The first kappa shape index (κ1) is 13.6. The van der Waals surface area contributed by atoms with Crippen molar-refractivity contribution in [3.63, 3.8) is 0 Å². The van der Waals surface area contributed by atoms with Crippen LogP contribution in [0.5, 0.6) is 0 Å². The predicted molar refractivity (Wildman–Crippen MR) is 80.5 cm³/mol. The Bertz CT molecular complexity index is 486. The molecular weight excluding hydrogens is 248 g/mol. The van der Waals surface area contributed by atoms with Gasteiger partial charge in [-0.05, 0) is 56.8 Å². The molecule has 0 bridgehead atoms. The van der Waals surface area contributed by atoms with Crippen LogP contribution in [0.15, 0.2) is 24.3 Å². The first-order chi connectivity index (χ1) is 9.74. The number of benzene rings is 1. The van der Waals surface area contributed by atoms with E-state index in [0.717, 1.165) is 38.8 Å². The van der Waals surface area contributed by atoms with Crippen molar-refractivity contribution in [2.75, 3.05) is 20.1 Å². The van der Waals surface area contributed by atoms with Crippen LogP contribution in [0.1, 0.15) is 42.9 Å². The Morgan fingerprint density at radius 2 is 2.10 bits per heavy atom. The standard InChI is InChI=1S/C17H24N2O/c1-19-11-5-8-14(12-19)17(20)18-16-10-4-7-13-6-2-3-9-15(13)16/h2-3,6,9,14,16H,4-5,7-8,10-12H2,1H3,(H,18,20)/t14-,16-/m0/s1. The lowest BCUT2D eigenvalue weighted by molar-refractivity contribution is -0.127. The van der Waals surface area contributed by atoms with Gasteiger partial charge in [-0.1, -0.05) is 24.3 Å². The molecule has 1 amide bonds. The van der Waals surface area contributed by atoms with Crippen LogP contribution in [-0.4, -0.2) is 30.9 Å². The summed E-state index contributed by atoms with van der Waals surface area (Å²) in [6.07, 6.45) is 5.56. The number of fused-ring (bicyclic) bond motifs is 1. The molecule has 1 N–H and O–H groups in total. The number of nitrogens with one attached hydrogen (secondary N) is 1. The SMILES string of the molecule is CN1CCC[C@H](C(=O)N[C@H]2CCCc3ccccc32)C1. The number of amides is 1. The largest absolute Gasteiger partial charge is 0.349 e. The summed E-state index contributed by atoms with van der Waals surface area (Å²) >= 11 is 0. The van der Waals surface area contributed by atoms with Crippen LogP contribution in [0.4, 0.5) is 0 Å². The third kappa shape index (κ3) is 2.88. The van der Waals surface area contributed by atoms with Crippen LogP contribution in [0, 0.1) is 5.92 Å². The van der Waals surface area contributed by atoms with Crippen LogP contribution in [0.3, 0.4) is 0 Å². The summed E-state index contributed by atoms with van der Waals surface area (Å²) in [6.45, 7) is 2.02. The second kappa shape index (κ2) is 5.96. The van der Waals surface area contributed by atoms with Crippen molar-refractivity contribution in [2.45, 2.75) is 38.1 Å². The van der Waals surface area contributed by atoms with Gasteiger partial charge in [-0.25, -0.2) is 0 Å². The minimum atomic E-state index is 0.169. The fourth-order valence-electron chi connectivity index (χ4n) is 3.57. The van der Waals surface area contributed by atoms with Crippen molar-refractivity contribution < 1.29 is 4.79 Å². The van der Waals surface area contributed by atoms with E-state index in [2.05, 4.69) is 41.5 Å². The maximum atomic E-state index is 12.5. The van der Waals surface area contributed by atoms with Crippen molar-refractivity contribution in [1.29, 1.82) is 0 Å². The van der Waals surface area contributed by atoms with Gasteiger partial charge in [0, 0.05) is 6.54 Å². The molecule has 20 heavy (non-hydrogen) atoms. The van der Waals surface area contributed by atoms with E-state index < -0.39 is 0 Å². The summed E-state index contributed by atoms with van der Waals surface area (Å²) in [4.78, 5) is 14.8. The molecule has 1 aromatic rings. The minimum absolute atomic E-state index is 0.169. The lowest BCUT2D eigenvalue weighted by atomic mass is 9.87. The number of nitrogens with zero attached hydrogens (tertiary/aromatic N) is 1.